The molecular weight excluding hydrogens is 402 g/mol. The first kappa shape index (κ1) is 19.7. The van der Waals surface area contributed by atoms with Crippen molar-refractivity contribution in [1.82, 2.24) is 10.3 Å². The predicted octanol–water partition coefficient (Wildman–Crippen LogP) is 3.64. The van der Waals surface area contributed by atoms with Crippen molar-refractivity contribution >= 4 is 54.9 Å². The minimum absolute atomic E-state index is 0.103. The summed E-state index contributed by atoms with van der Waals surface area (Å²) in [5.74, 6) is 0.166. The van der Waals surface area contributed by atoms with Gasteiger partial charge in [-0.1, -0.05) is 36.0 Å². The van der Waals surface area contributed by atoms with Gasteiger partial charge in [-0.2, -0.15) is 0 Å². The maximum atomic E-state index is 12.3. The van der Waals surface area contributed by atoms with Crippen LogP contribution in [0.3, 0.4) is 0 Å². The molecule has 1 aromatic heterocycles. The summed E-state index contributed by atoms with van der Waals surface area (Å²) in [5.41, 5.74) is 2.23. The molecule has 0 radical (unpaired) electrons. The normalized spacial score (nSPS) is 12.7. The molecule has 6 nitrogen and oxygen atoms in total. The fraction of sp³-hybridized carbons (Fsp3) is 0.222. The molecular formula is C18H19N3O3S3. The Bertz CT molecular complexity index is 1030. The first-order valence-corrected chi connectivity index (χ1v) is 11.8. The molecule has 3 rings (SSSR count). The van der Waals surface area contributed by atoms with Crippen molar-refractivity contribution < 1.29 is 13.2 Å². The fourth-order valence-electron chi connectivity index (χ4n) is 2.49. The molecule has 1 amide bonds. The second-order valence-corrected chi connectivity index (χ2v) is 10.0. The predicted molar refractivity (Wildman–Crippen MR) is 112 cm³/mol. The third kappa shape index (κ3) is 5.69. The summed E-state index contributed by atoms with van der Waals surface area (Å²) in [5, 5.41) is 2.93. The lowest BCUT2D eigenvalue weighted by Crippen LogP contribution is -2.28. The molecule has 0 aliphatic heterocycles. The summed E-state index contributed by atoms with van der Waals surface area (Å²) in [6.45, 7) is 1.86. The Morgan fingerprint density at radius 3 is 2.74 bits per heavy atom. The van der Waals surface area contributed by atoms with Crippen LogP contribution in [0.1, 0.15) is 18.5 Å². The number of hydrogen-bond acceptors (Lipinski definition) is 6. The van der Waals surface area contributed by atoms with Crippen molar-refractivity contribution in [3.05, 3.63) is 54.1 Å². The highest BCUT2D eigenvalue weighted by Crippen LogP contribution is 2.29. The van der Waals surface area contributed by atoms with E-state index in [4.69, 9.17) is 0 Å². The smallest absolute Gasteiger partial charge is 0.230 e. The number of amides is 1. The van der Waals surface area contributed by atoms with Crippen molar-refractivity contribution in [3.8, 4) is 0 Å². The highest BCUT2D eigenvalue weighted by molar-refractivity contribution is 8.01. The maximum absolute atomic E-state index is 12.3. The van der Waals surface area contributed by atoms with Gasteiger partial charge in [0.25, 0.3) is 0 Å². The second-order valence-electron chi connectivity index (χ2n) is 6.03. The molecule has 0 aliphatic rings. The summed E-state index contributed by atoms with van der Waals surface area (Å²) in [6.07, 6.45) is 1.10. The molecule has 142 valence electrons. The van der Waals surface area contributed by atoms with Crippen LogP contribution in [0.2, 0.25) is 0 Å². The van der Waals surface area contributed by atoms with E-state index < -0.39 is 10.0 Å². The third-order valence-corrected chi connectivity index (χ3v) is 6.45. The van der Waals surface area contributed by atoms with E-state index in [1.54, 1.807) is 29.5 Å². The average molecular weight is 422 g/mol. The fourth-order valence-corrected chi connectivity index (χ4v) is 4.93. The highest BCUT2D eigenvalue weighted by Gasteiger charge is 2.13. The summed E-state index contributed by atoms with van der Waals surface area (Å²) in [4.78, 5) is 16.8. The van der Waals surface area contributed by atoms with E-state index in [0.29, 0.717) is 5.69 Å². The number of carbonyl (C=O) groups is 1. The lowest BCUT2D eigenvalue weighted by atomic mass is 10.1. The first-order chi connectivity index (χ1) is 12.8. The summed E-state index contributed by atoms with van der Waals surface area (Å²) < 4.78 is 27.1. The van der Waals surface area contributed by atoms with Gasteiger partial charge in [-0.05, 0) is 36.8 Å². The summed E-state index contributed by atoms with van der Waals surface area (Å²) >= 11 is 2.97. The van der Waals surface area contributed by atoms with Gasteiger partial charge in [0.1, 0.15) is 0 Å². The zero-order valence-corrected chi connectivity index (χ0v) is 17.2. The van der Waals surface area contributed by atoms with Crippen LogP contribution in [-0.4, -0.2) is 31.3 Å². The van der Waals surface area contributed by atoms with E-state index in [-0.39, 0.29) is 17.7 Å². The number of para-hydroxylation sites is 1. The Balaban J connectivity index is 1.58. The van der Waals surface area contributed by atoms with Crippen molar-refractivity contribution in [2.45, 2.75) is 17.3 Å². The first-order valence-electron chi connectivity index (χ1n) is 8.16. The Morgan fingerprint density at radius 1 is 1.22 bits per heavy atom. The van der Waals surface area contributed by atoms with Crippen LogP contribution >= 0.6 is 23.1 Å². The van der Waals surface area contributed by atoms with Gasteiger partial charge in [-0.15, -0.1) is 11.3 Å². The minimum Gasteiger partial charge on any atom is -0.349 e. The second kappa shape index (κ2) is 8.28. The quantitative estimate of drug-likeness (QED) is 0.569. The largest absolute Gasteiger partial charge is 0.349 e. The number of sulfonamides is 1. The Labute approximate surface area is 166 Å². The van der Waals surface area contributed by atoms with Crippen LogP contribution in [-0.2, 0) is 14.8 Å². The van der Waals surface area contributed by atoms with Gasteiger partial charge in [0.15, 0.2) is 4.34 Å². The molecule has 1 atom stereocenters. The Morgan fingerprint density at radius 2 is 2.00 bits per heavy atom. The summed E-state index contributed by atoms with van der Waals surface area (Å²) in [7, 11) is -3.34. The maximum Gasteiger partial charge on any atom is 0.230 e. The molecule has 0 aliphatic carbocycles. The van der Waals surface area contributed by atoms with Crippen molar-refractivity contribution in [1.29, 1.82) is 0 Å². The van der Waals surface area contributed by atoms with E-state index in [9.17, 15) is 13.2 Å². The number of hydrogen-bond donors (Lipinski definition) is 2. The van der Waals surface area contributed by atoms with Gasteiger partial charge in [-0.25, -0.2) is 13.4 Å². The highest BCUT2D eigenvalue weighted by atomic mass is 32.2. The number of nitrogens with zero attached hydrogens (tertiary/aromatic N) is 1. The number of nitrogens with one attached hydrogen (secondary N) is 2. The van der Waals surface area contributed by atoms with Crippen LogP contribution in [0.25, 0.3) is 10.2 Å². The number of fused-ring (bicyclic) bond motifs is 1. The molecule has 3 aromatic rings. The van der Waals surface area contributed by atoms with E-state index in [1.165, 1.54) is 11.8 Å². The topological polar surface area (TPSA) is 88.2 Å². The number of thiazole rings is 1. The van der Waals surface area contributed by atoms with Gasteiger partial charge >= 0.3 is 0 Å². The molecule has 27 heavy (non-hydrogen) atoms. The number of benzene rings is 2. The van der Waals surface area contributed by atoms with Gasteiger partial charge < -0.3 is 5.32 Å². The summed E-state index contributed by atoms with van der Waals surface area (Å²) in [6, 6.07) is 14.6. The standard InChI is InChI=1S/C18H19N3O3S3/c1-12(13-6-5-7-14(10-13)21-27(2,23)24)19-17(22)11-25-18-20-15-8-3-4-9-16(15)26-18/h3-10,12,21H,11H2,1-2H3,(H,19,22). The van der Waals surface area contributed by atoms with E-state index >= 15 is 0 Å². The van der Waals surface area contributed by atoms with Crippen LogP contribution in [0.4, 0.5) is 5.69 Å². The minimum atomic E-state index is -3.34. The molecule has 9 heteroatoms. The van der Waals surface area contributed by atoms with E-state index in [1.807, 2.05) is 37.3 Å². The van der Waals surface area contributed by atoms with Crippen molar-refractivity contribution in [2.75, 3.05) is 16.7 Å². The molecule has 0 saturated heterocycles. The number of rotatable bonds is 7. The Kier molecular flexibility index (Phi) is 6.03. The SMILES string of the molecule is CC(NC(=O)CSc1nc2ccccc2s1)c1cccc(NS(C)(=O)=O)c1. The van der Waals surface area contributed by atoms with Crippen LogP contribution in [0.15, 0.2) is 52.9 Å². The van der Waals surface area contributed by atoms with Gasteiger partial charge in [0.05, 0.1) is 28.3 Å². The number of thioether (sulfide) groups is 1. The van der Waals surface area contributed by atoms with Crippen LogP contribution in [0, 0.1) is 0 Å². The van der Waals surface area contributed by atoms with E-state index in [0.717, 1.165) is 26.4 Å². The van der Waals surface area contributed by atoms with Crippen LogP contribution < -0.4 is 10.0 Å². The van der Waals surface area contributed by atoms with Crippen molar-refractivity contribution in [2.24, 2.45) is 0 Å². The van der Waals surface area contributed by atoms with Gasteiger partial charge in [0, 0.05) is 5.69 Å². The Hall–Kier alpha value is -2.10. The average Bonchev–Trinajstić information content (AvgIpc) is 3.01. The molecule has 1 heterocycles. The molecule has 0 saturated carbocycles. The number of aromatic nitrogens is 1. The molecule has 0 fully saturated rings. The molecule has 2 aromatic carbocycles. The number of carbonyl (C=O) groups excluding carboxylic acids is 1. The zero-order valence-electron chi connectivity index (χ0n) is 14.8. The number of anilines is 1. The molecule has 0 spiro atoms. The molecule has 1 unspecified atom stereocenters. The monoisotopic (exact) mass is 421 g/mol. The van der Waals surface area contributed by atoms with E-state index in [2.05, 4.69) is 15.0 Å². The lowest BCUT2D eigenvalue weighted by Gasteiger charge is -2.15. The van der Waals surface area contributed by atoms with Crippen molar-refractivity contribution in [3.63, 3.8) is 0 Å². The molecule has 2 N–H and O–H groups in total. The van der Waals surface area contributed by atoms with Crippen LogP contribution in [0.5, 0.6) is 0 Å². The lowest BCUT2D eigenvalue weighted by molar-refractivity contribution is -0.119. The molecule has 0 bridgehead atoms. The van der Waals surface area contributed by atoms with Gasteiger partial charge in [0.2, 0.25) is 15.9 Å². The zero-order chi connectivity index (χ0) is 19.4. The van der Waals surface area contributed by atoms with Gasteiger partial charge in [-0.3, -0.25) is 9.52 Å². The third-order valence-electron chi connectivity index (χ3n) is 3.67.